The summed E-state index contributed by atoms with van der Waals surface area (Å²) in [4.78, 5) is 15.3. The number of fused-ring (bicyclic) bond motifs is 1. The summed E-state index contributed by atoms with van der Waals surface area (Å²) >= 11 is 0. The molecule has 1 aromatic carbocycles. The molecule has 0 aliphatic heterocycles. The Bertz CT molecular complexity index is 520. The zero-order valence-corrected chi connectivity index (χ0v) is 8.53. The highest BCUT2D eigenvalue weighted by Gasteiger charge is 2.02. The molecule has 0 saturated heterocycles. The highest BCUT2D eigenvalue weighted by atomic mass is 16.1. The Kier molecular flexibility index (Phi) is 2.37. The first-order valence-electron chi connectivity index (χ1n) is 4.89. The van der Waals surface area contributed by atoms with Gasteiger partial charge in [-0.2, -0.15) is 0 Å². The van der Waals surface area contributed by atoms with E-state index in [0.717, 1.165) is 22.9 Å². The molecule has 0 bridgehead atoms. The Hall–Kier alpha value is -1.90. The Morgan fingerprint density at radius 3 is 2.87 bits per heavy atom. The standard InChI is InChI=1S/C12H12N2O/c1-2-8-5-10-6-9(12(13)15)3-4-11(10)14-7-8/h3-7H,2H2,1H3,(H2,13,15). The number of aromatic nitrogens is 1. The summed E-state index contributed by atoms with van der Waals surface area (Å²) in [6, 6.07) is 7.33. The van der Waals surface area contributed by atoms with Crippen LogP contribution in [-0.2, 0) is 6.42 Å². The number of carbonyl (C=O) groups excluding carboxylic acids is 1. The summed E-state index contributed by atoms with van der Waals surface area (Å²) in [6.45, 7) is 2.07. The minimum atomic E-state index is -0.404. The number of amides is 1. The van der Waals surface area contributed by atoms with Crippen LogP contribution in [0.15, 0.2) is 30.5 Å². The molecular weight excluding hydrogens is 188 g/mol. The molecule has 15 heavy (non-hydrogen) atoms. The summed E-state index contributed by atoms with van der Waals surface area (Å²) < 4.78 is 0. The second kappa shape index (κ2) is 3.69. The zero-order valence-electron chi connectivity index (χ0n) is 8.53. The number of hydrogen-bond acceptors (Lipinski definition) is 2. The van der Waals surface area contributed by atoms with Crippen LogP contribution in [-0.4, -0.2) is 10.9 Å². The molecule has 1 aromatic heterocycles. The van der Waals surface area contributed by atoms with Gasteiger partial charge in [-0.25, -0.2) is 0 Å². The van der Waals surface area contributed by atoms with Gasteiger partial charge < -0.3 is 5.73 Å². The lowest BCUT2D eigenvalue weighted by Crippen LogP contribution is -2.10. The number of nitrogens with zero attached hydrogens (tertiary/aromatic N) is 1. The van der Waals surface area contributed by atoms with Crippen LogP contribution in [0.1, 0.15) is 22.8 Å². The quantitative estimate of drug-likeness (QED) is 0.804. The molecule has 1 heterocycles. The summed E-state index contributed by atoms with van der Waals surface area (Å²) in [5.74, 6) is -0.404. The van der Waals surface area contributed by atoms with Crippen LogP contribution in [0.5, 0.6) is 0 Å². The maximum atomic E-state index is 11.0. The normalized spacial score (nSPS) is 10.5. The van der Waals surface area contributed by atoms with Crippen molar-refractivity contribution in [2.75, 3.05) is 0 Å². The second-order valence-corrected chi connectivity index (χ2v) is 3.47. The van der Waals surface area contributed by atoms with Crippen molar-refractivity contribution in [3.8, 4) is 0 Å². The molecule has 2 rings (SSSR count). The van der Waals surface area contributed by atoms with Gasteiger partial charge in [0.1, 0.15) is 0 Å². The molecule has 76 valence electrons. The van der Waals surface area contributed by atoms with E-state index in [9.17, 15) is 4.79 Å². The number of primary amides is 1. The molecule has 0 unspecified atom stereocenters. The van der Waals surface area contributed by atoms with Crippen LogP contribution in [0.2, 0.25) is 0 Å². The molecule has 0 aliphatic carbocycles. The number of aryl methyl sites for hydroxylation is 1. The lowest BCUT2D eigenvalue weighted by atomic mass is 10.1. The first-order chi connectivity index (χ1) is 7.20. The number of nitrogens with two attached hydrogens (primary N) is 1. The molecule has 0 radical (unpaired) electrons. The number of hydrogen-bond donors (Lipinski definition) is 1. The Balaban J connectivity index is 2.62. The van der Waals surface area contributed by atoms with Gasteiger partial charge in [0.25, 0.3) is 0 Å². The highest BCUT2D eigenvalue weighted by molar-refractivity contribution is 5.96. The summed E-state index contributed by atoms with van der Waals surface area (Å²) in [7, 11) is 0. The maximum Gasteiger partial charge on any atom is 0.248 e. The number of benzene rings is 1. The molecule has 0 spiro atoms. The lowest BCUT2D eigenvalue weighted by Gasteiger charge is -2.02. The van der Waals surface area contributed by atoms with Crippen LogP contribution >= 0.6 is 0 Å². The molecule has 0 fully saturated rings. The Morgan fingerprint density at radius 1 is 1.40 bits per heavy atom. The van der Waals surface area contributed by atoms with E-state index < -0.39 is 5.91 Å². The fourth-order valence-electron chi connectivity index (χ4n) is 1.52. The molecule has 2 aromatic rings. The van der Waals surface area contributed by atoms with Crippen LogP contribution in [0.25, 0.3) is 10.9 Å². The average molecular weight is 200 g/mol. The maximum absolute atomic E-state index is 11.0. The van der Waals surface area contributed by atoms with Crippen LogP contribution < -0.4 is 5.73 Å². The topological polar surface area (TPSA) is 56.0 Å². The zero-order chi connectivity index (χ0) is 10.8. The smallest absolute Gasteiger partial charge is 0.248 e. The van der Waals surface area contributed by atoms with Gasteiger partial charge in [-0.05, 0) is 36.2 Å². The van der Waals surface area contributed by atoms with Crippen molar-refractivity contribution in [1.82, 2.24) is 4.98 Å². The number of pyridine rings is 1. The minimum Gasteiger partial charge on any atom is -0.366 e. The average Bonchev–Trinajstić information content (AvgIpc) is 2.27. The van der Waals surface area contributed by atoms with Crippen molar-refractivity contribution in [3.63, 3.8) is 0 Å². The van der Waals surface area contributed by atoms with E-state index in [0.29, 0.717) is 5.56 Å². The van der Waals surface area contributed by atoms with Crippen molar-refractivity contribution in [3.05, 3.63) is 41.6 Å². The highest BCUT2D eigenvalue weighted by Crippen LogP contribution is 2.15. The van der Waals surface area contributed by atoms with Crippen molar-refractivity contribution in [2.24, 2.45) is 5.73 Å². The van der Waals surface area contributed by atoms with Gasteiger partial charge in [-0.15, -0.1) is 0 Å². The predicted molar refractivity (Wildman–Crippen MR) is 59.6 cm³/mol. The van der Waals surface area contributed by atoms with Gasteiger partial charge in [0.15, 0.2) is 0 Å². The Labute approximate surface area is 87.9 Å². The van der Waals surface area contributed by atoms with Gasteiger partial charge in [0, 0.05) is 17.1 Å². The molecular formula is C12H12N2O. The SMILES string of the molecule is CCc1cnc2ccc(C(N)=O)cc2c1. The third kappa shape index (κ3) is 1.81. The third-order valence-electron chi connectivity index (χ3n) is 2.43. The van der Waals surface area contributed by atoms with E-state index in [-0.39, 0.29) is 0 Å². The molecule has 3 heteroatoms. The second-order valence-electron chi connectivity index (χ2n) is 3.47. The summed E-state index contributed by atoms with van der Waals surface area (Å²) in [6.07, 6.45) is 2.79. The van der Waals surface area contributed by atoms with E-state index in [1.54, 1.807) is 12.1 Å². The first kappa shape index (κ1) is 9.65. The molecule has 1 amide bonds. The van der Waals surface area contributed by atoms with E-state index in [4.69, 9.17) is 5.73 Å². The fraction of sp³-hybridized carbons (Fsp3) is 0.167. The van der Waals surface area contributed by atoms with Gasteiger partial charge in [-0.1, -0.05) is 6.92 Å². The molecule has 2 N–H and O–H groups in total. The van der Waals surface area contributed by atoms with E-state index in [1.165, 1.54) is 0 Å². The Morgan fingerprint density at radius 2 is 2.20 bits per heavy atom. The van der Waals surface area contributed by atoms with E-state index >= 15 is 0 Å². The largest absolute Gasteiger partial charge is 0.366 e. The van der Waals surface area contributed by atoms with Crippen LogP contribution in [0.3, 0.4) is 0 Å². The van der Waals surface area contributed by atoms with Crippen molar-refractivity contribution in [1.29, 1.82) is 0 Å². The van der Waals surface area contributed by atoms with Gasteiger partial charge >= 0.3 is 0 Å². The van der Waals surface area contributed by atoms with E-state index in [1.807, 2.05) is 18.3 Å². The summed E-state index contributed by atoms with van der Waals surface area (Å²) in [5, 5.41) is 0.964. The number of carbonyl (C=O) groups is 1. The van der Waals surface area contributed by atoms with Crippen molar-refractivity contribution in [2.45, 2.75) is 13.3 Å². The minimum absolute atomic E-state index is 0.404. The van der Waals surface area contributed by atoms with Crippen LogP contribution in [0, 0.1) is 0 Å². The van der Waals surface area contributed by atoms with Gasteiger partial charge in [-0.3, -0.25) is 9.78 Å². The fourth-order valence-corrected chi connectivity index (χ4v) is 1.52. The summed E-state index contributed by atoms with van der Waals surface area (Å²) in [5.41, 5.74) is 7.78. The first-order valence-corrected chi connectivity index (χ1v) is 4.89. The van der Waals surface area contributed by atoms with Gasteiger partial charge in [0.05, 0.1) is 5.52 Å². The van der Waals surface area contributed by atoms with Crippen molar-refractivity contribution >= 4 is 16.8 Å². The van der Waals surface area contributed by atoms with Crippen LogP contribution in [0.4, 0.5) is 0 Å². The molecule has 3 nitrogen and oxygen atoms in total. The number of rotatable bonds is 2. The predicted octanol–water partition coefficient (Wildman–Crippen LogP) is 1.90. The monoisotopic (exact) mass is 200 g/mol. The van der Waals surface area contributed by atoms with E-state index in [2.05, 4.69) is 11.9 Å². The van der Waals surface area contributed by atoms with Gasteiger partial charge in [0.2, 0.25) is 5.91 Å². The van der Waals surface area contributed by atoms with Crippen molar-refractivity contribution < 1.29 is 4.79 Å². The third-order valence-corrected chi connectivity index (χ3v) is 2.43. The molecule has 0 atom stereocenters. The lowest BCUT2D eigenvalue weighted by molar-refractivity contribution is 0.100. The molecule has 0 saturated carbocycles. The molecule has 0 aliphatic rings.